The number of anilines is 1. The zero-order valence-electron chi connectivity index (χ0n) is 17.2. The summed E-state index contributed by atoms with van der Waals surface area (Å²) in [6.07, 6.45) is 0.754. The molecule has 2 aromatic heterocycles. The molecule has 9 heteroatoms. The number of fused-ring (bicyclic) bond motifs is 2. The Balaban J connectivity index is 1.29. The van der Waals surface area contributed by atoms with Gasteiger partial charge in [-0.1, -0.05) is 12.1 Å². The summed E-state index contributed by atoms with van der Waals surface area (Å²) in [5, 5.41) is 6.32. The molecule has 0 aliphatic carbocycles. The number of aromatic amines is 2. The highest BCUT2D eigenvalue weighted by molar-refractivity contribution is 6.00. The van der Waals surface area contributed by atoms with Crippen LogP contribution in [0.2, 0.25) is 0 Å². The summed E-state index contributed by atoms with van der Waals surface area (Å²) < 4.78 is 10.7. The van der Waals surface area contributed by atoms with Crippen molar-refractivity contribution in [2.75, 3.05) is 26.1 Å². The van der Waals surface area contributed by atoms with Crippen molar-refractivity contribution in [3.8, 4) is 11.5 Å². The highest BCUT2D eigenvalue weighted by atomic mass is 16.5. The molecular formula is C22H23N5O4. The second-order valence-corrected chi connectivity index (χ2v) is 6.96. The van der Waals surface area contributed by atoms with E-state index >= 15 is 0 Å². The first-order chi connectivity index (χ1) is 15.1. The third-order valence-electron chi connectivity index (χ3n) is 4.90. The van der Waals surface area contributed by atoms with E-state index in [1.54, 1.807) is 26.4 Å². The van der Waals surface area contributed by atoms with Crippen LogP contribution in [0.5, 0.6) is 11.5 Å². The van der Waals surface area contributed by atoms with E-state index in [4.69, 9.17) is 9.47 Å². The summed E-state index contributed by atoms with van der Waals surface area (Å²) in [5.41, 5.74) is 2.83. The predicted molar refractivity (Wildman–Crippen MR) is 118 cm³/mol. The average molecular weight is 421 g/mol. The minimum absolute atomic E-state index is 0.171. The maximum absolute atomic E-state index is 12.5. The highest BCUT2D eigenvalue weighted by Crippen LogP contribution is 2.35. The van der Waals surface area contributed by atoms with Crippen LogP contribution in [0.3, 0.4) is 0 Å². The minimum Gasteiger partial charge on any atom is -0.493 e. The van der Waals surface area contributed by atoms with E-state index in [2.05, 4.69) is 25.6 Å². The molecule has 9 nitrogen and oxygen atoms in total. The quantitative estimate of drug-likeness (QED) is 0.326. The molecule has 0 atom stereocenters. The number of carbonyl (C=O) groups is 2. The van der Waals surface area contributed by atoms with Crippen LogP contribution in [0, 0.1) is 0 Å². The van der Waals surface area contributed by atoms with Gasteiger partial charge in [0, 0.05) is 18.4 Å². The Labute approximate surface area is 178 Å². The van der Waals surface area contributed by atoms with Gasteiger partial charge in [-0.15, -0.1) is 0 Å². The third kappa shape index (κ3) is 4.30. The second kappa shape index (κ2) is 8.78. The van der Waals surface area contributed by atoms with Gasteiger partial charge in [0.1, 0.15) is 5.69 Å². The first-order valence-corrected chi connectivity index (χ1v) is 9.85. The number of amides is 2. The maximum atomic E-state index is 12.5. The zero-order chi connectivity index (χ0) is 21.8. The molecule has 2 heterocycles. The molecular weight excluding hydrogens is 398 g/mol. The molecule has 0 aliphatic heterocycles. The van der Waals surface area contributed by atoms with Gasteiger partial charge in [0.15, 0.2) is 11.5 Å². The lowest BCUT2D eigenvalue weighted by atomic mass is 10.2. The number of rotatable bonds is 8. The van der Waals surface area contributed by atoms with Crippen LogP contribution >= 0.6 is 0 Å². The Morgan fingerprint density at radius 2 is 1.87 bits per heavy atom. The normalized spacial score (nSPS) is 10.9. The van der Waals surface area contributed by atoms with E-state index in [0.717, 1.165) is 21.9 Å². The number of H-pyrrole nitrogens is 2. The second-order valence-electron chi connectivity index (χ2n) is 6.96. The molecule has 0 spiro atoms. The summed E-state index contributed by atoms with van der Waals surface area (Å²) in [7, 11) is 3.12. The van der Waals surface area contributed by atoms with Gasteiger partial charge in [0.25, 0.3) is 5.91 Å². The summed E-state index contributed by atoms with van der Waals surface area (Å²) in [4.78, 5) is 35.1. The molecule has 2 aromatic carbocycles. The molecule has 160 valence electrons. The van der Waals surface area contributed by atoms with Crippen LogP contribution in [0.25, 0.3) is 21.9 Å². The Morgan fingerprint density at radius 3 is 2.65 bits per heavy atom. The van der Waals surface area contributed by atoms with Crippen molar-refractivity contribution in [1.29, 1.82) is 0 Å². The van der Waals surface area contributed by atoms with Gasteiger partial charge < -0.3 is 24.8 Å². The number of imidazole rings is 1. The minimum atomic E-state index is -0.255. The number of aromatic nitrogens is 3. The van der Waals surface area contributed by atoms with E-state index < -0.39 is 0 Å². The molecule has 4 rings (SSSR count). The molecule has 0 radical (unpaired) electrons. The molecule has 4 N–H and O–H groups in total. The Morgan fingerprint density at radius 1 is 1.03 bits per heavy atom. The fraction of sp³-hybridized carbons (Fsp3) is 0.227. The average Bonchev–Trinajstić information content (AvgIpc) is 3.39. The molecule has 0 fully saturated rings. The molecule has 0 unspecified atom stereocenters. The lowest BCUT2D eigenvalue weighted by Gasteiger charge is -2.07. The first-order valence-electron chi connectivity index (χ1n) is 9.85. The number of hydrogen-bond acceptors (Lipinski definition) is 5. The number of nitrogens with zero attached hydrogens (tertiary/aromatic N) is 1. The van der Waals surface area contributed by atoms with E-state index in [1.807, 2.05) is 30.3 Å². The van der Waals surface area contributed by atoms with E-state index in [-0.39, 0.29) is 18.2 Å². The summed E-state index contributed by atoms with van der Waals surface area (Å²) in [6.45, 7) is 0.363. The van der Waals surface area contributed by atoms with Crippen molar-refractivity contribution in [3.05, 3.63) is 48.2 Å². The standard InChI is InChI=1S/C22H23N5O4/c1-30-18-10-9-14-13(20(18)31-2)12-17(24-14)21(29)23-11-5-8-19(28)27-22-25-15-6-3-4-7-16(15)26-22/h3-4,6-7,9-10,12,24H,5,8,11H2,1-2H3,(H,23,29)(H2,25,26,27,28). The summed E-state index contributed by atoms with van der Waals surface area (Å²) >= 11 is 0. The van der Waals surface area contributed by atoms with Gasteiger partial charge in [0.2, 0.25) is 11.9 Å². The number of benzene rings is 2. The first kappa shape index (κ1) is 20.3. The molecule has 4 aromatic rings. The van der Waals surface area contributed by atoms with E-state index in [0.29, 0.717) is 36.1 Å². The topological polar surface area (TPSA) is 121 Å². The molecule has 0 bridgehead atoms. The SMILES string of the molecule is COc1ccc2[nH]c(C(=O)NCCCC(=O)Nc3nc4ccccc4[nH]3)cc2c1OC. The van der Waals surface area contributed by atoms with Crippen LogP contribution < -0.4 is 20.1 Å². The lowest BCUT2D eigenvalue weighted by molar-refractivity contribution is -0.116. The summed E-state index contributed by atoms with van der Waals surface area (Å²) in [6, 6.07) is 12.9. The van der Waals surface area contributed by atoms with Gasteiger partial charge in [-0.2, -0.15) is 0 Å². The summed E-state index contributed by atoms with van der Waals surface area (Å²) in [5.74, 6) is 1.15. The van der Waals surface area contributed by atoms with Crippen LogP contribution in [0.1, 0.15) is 23.3 Å². The van der Waals surface area contributed by atoms with E-state index in [9.17, 15) is 9.59 Å². The maximum Gasteiger partial charge on any atom is 0.267 e. The Bertz CT molecular complexity index is 1210. The van der Waals surface area contributed by atoms with Gasteiger partial charge in [-0.3, -0.25) is 14.9 Å². The molecule has 2 amide bonds. The lowest BCUT2D eigenvalue weighted by Crippen LogP contribution is -2.25. The fourth-order valence-corrected chi connectivity index (χ4v) is 3.40. The Kier molecular flexibility index (Phi) is 5.74. The van der Waals surface area contributed by atoms with Crippen LogP contribution in [0.15, 0.2) is 42.5 Å². The highest BCUT2D eigenvalue weighted by Gasteiger charge is 2.15. The zero-order valence-corrected chi connectivity index (χ0v) is 17.2. The van der Waals surface area contributed by atoms with Gasteiger partial charge in [-0.25, -0.2) is 4.98 Å². The molecule has 0 aliphatic rings. The molecule has 31 heavy (non-hydrogen) atoms. The largest absolute Gasteiger partial charge is 0.493 e. The van der Waals surface area contributed by atoms with Crippen molar-refractivity contribution in [2.45, 2.75) is 12.8 Å². The third-order valence-corrected chi connectivity index (χ3v) is 4.90. The monoisotopic (exact) mass is 421 g/mol. The number of nitrogens with one attached hydrogen (secondary N) is 4. The van der Waals surface area contributed by atoms with Crippen LogP contribution in [-0.2, 0) is 4.79 Å². The van der Waals surface area contributed by atoms with Crippen molar-refractivity contribution in [1.82, 2.24) is 20.3 Å². The number of hydrogen-bond donors (Lipinski definition) is 4. The van der Waals surface area contributed by atoms with Crippen molar-refractivity contribution in [2.24, 2.45) is 0 Å². The number of ether oxygens (including phenoxy) is 2. The number of para-hydroxylation sites is 2. The van der Waals surface area contributed by atoms with E-state index in [1.165, 1.54) is 0 Å². The number of carbonyl (C=O) groups excluding carboxylic acids is 2. The van der Waals surface area contributed by atoms with Gasteiger partial charge >= 0.3 is 0 Å². The van der Waals surface area contributed by atoms with Crippen molar-refractivity contribution < 1.29 is 19.1 Å². The smallest absolute Gasteiger partial charge is 0.267 e. The van der Waals surface area contributed by atoms with Gasteiger partial charge in [0.05, 0.1) is 30.8 Å². The van der Waals surface area contributed by atoms with Crippen LogP contribution in [-0.4, -0.2) is 47.5 Å². The predicted octanol–water partition coefficient (Wildman–Crippen LogP) is 3.21. The fourth-order valence-electron chi connectivity index (χ4n) is 3.40. The van der Waals surface area contributed by atoms with Gasteiger partial charge in [-0.05, 0) is 36.8 Å². The Hall–Kier alpha value is -4.01. The number of methoxy groups -OCH3 is 2. The molecule has 0 saturated carbocycles. The van der Waals surface area contributed by atoms with Crippen molar-refractivity contribution >= 4 is 39.7 Å². The van der Waals surface area contributed by atoms with Crippen LogP contribution in [0.4, 0.5) is 5.95 Å². The van der Waals surface area contributed by atoms with Crippen molar-refractivity contribution in [3.63, 3.8) is 0 Å². The molecule has 0 saturated heterocycles.